The second-order valence-corrected chi connectivity index (χ2v) is 5.38. The van der Waals surface area contributed by atoms with Crippen LogP contribution < -0.4 is 5.32 Å². The Kier molecular flexibility index (Phi) is 4.95. The summed E-state index contributed by atoms with van der Waals surface area (Å²) in [6.45, 7) is 2.72. The molecule has 8 heteroatoms. The van der Waals surface area contributed by atoms with Gasteiger partial charge in [0.2, 0.25) is 5.13 Å². The van der Waals surface area contributed by atoms with Crippen molar-refractivity contribution in [2.45, 2.75) is 13.8 Å². The van der Waals surface area contributed by atoms with Gasteiger partial charge in [-0.1, -0.05) is 11.3 Å². The van der Waals surface area contributed by atoms with E-state index in [1.807, 2.05) is 12.1 Å². The van der Waals surface area contributed by atoms with Gasteiger partial charge < -0.3 is 10.4 Å². The molecule has 0 fully saturated rings. The van der Waals surface area contributed by atoms with Crippen molar-refractivity contribution < 1.29 is 9.90 Å². The number of azo groups is 1. The summed E-state index contributed by atoms with van der Waals surface area (Å²) < 4.78 is 0. The van der Waals surface area contributed by atoms with Crippen molar-refractivity contribution >= 4 is 27.9 Å². The molecule has 114 valence electrons. The molecule has 2 N–H and O–H groups in total. The van der Waals surface area contributed by atoms with E-state index in [0.717, 1.165) is 15.7 Å². The number of nitrogens with zero attached hydrogens (tertiary/aromatic N) is 4. The number of hydrogen-bond acceptors (Lipinski definition) is 8. The van der Waals surface area contributed by atoms with Crippen LogP contribution in [0.3, 0.4) is 0 Å². The number of aliphatic hydroxyl groups is 1. The number of Topliss-reactive ketones (excluding diaryl/α,β-unsaturated/α-hetero) is 1. The third-order valence-electron chi connectivity index (χ3n) is 2.69. The number of nitrogens with one attached hydrogen (secondary N) is 1. The second kappa shape index (κ2) is 6.90. The average Bonchev–Trinajstić information content (AvgIpc) is 2.96. The third-order valence-corrected chi connectivity index (χ3v) is 3.68. The van der Waals surface area contributed by atoms with Crippen LogP contribution in [0, 0.1) is 0 Å². The van der Waals surface area contributed by atoms with Crippen LogP contribution in [0.25, 0.3) is 10.6 Å². The zero-order chi connectivity index (χ0) is 16.1. The molecule has 2 rings (SSSR count). The fraction of sp³-hybridized carbons (Fsp3) is 0.214. The SMILES string of the molecule is CNc1nnc(-c2ccc(N=N/C(C(C)=O)=C(/C)O)cc2)s1. The van der Waals surface area contributed by atoms with Crippen LogP contribution in [0.2, 0.25) is 0 Å². The van der Waals surface area contributed by atoms with Crippen LogP contribution in [0.15, 0.2) is 46.0 Å². The summed E-state index contributed by atoms with van der Waals surface area (Å²) in [5, 5.41) is 29.6. The average molecular weight is 317 g/mol. The number of allylic oxidation sites excluding steroid dienone is 2. The van der Waals surface area contributed by atoms with Gasteiger partial charge in [-0.2, -0.15) is 5.11 Å². The maximum absolute atomic E-state index is 11.3. The van der Waals surface area contributed by atoms with Gasteiger partial charge in [-0.3, -0.25) is 4.79 Å². The van der Waals surface area contributed by atoms with Crippen molar-refractivity contribution in [2.75, 3.05) is 12.4 Å². The van der Waals surface area contributed by atoms with E-state index in [0.29, 0.717) is 5.69 Å². The molecule has 0 saturated carbocycles. The second-order valence-electron chi connectivity index (χ2n) is 4.40. The van der Waals surface area contributed by atoms with Crippen LogP contribution in [0.1, 0.15) is 13.8 Å². The number of ketones is 1. The zero-order valence-corrected chi connectivity index (χ0v) is 13.2. The van der Waals surface area contributed by atoms with E-state index in [9.17, 15) is 9.90 Å². The van der Waals surface area contributed by atoms with Crippen LogP contribution >= 0.6 is 11.3 Å². The highest BCUT2D eigenvalue weighted by molar-refractivity contribution is 7.18. The number of hydrogen-bond donors (Lipinski definition) is 2. The van der Waals surface area contributed by atoms with Gasteiger partial charge in [-0.15, -0.1) is 15.3 Å². The van der Waals surface area contributed by atoms with E-state index < -0.39 is 0 Å². The van der Waals surface area contributed by atoms with E-state index in [-0.39, 0.29) is 17.2 Å². The summed E-state index contributed by atoms with van der Waals surface area (Å²) in [5.41, 5.74) is 1.44. The van der Waals surface area contributed by atoms with E-state index in [1.165, 1.54) is 25.2 Å². The Morgan fingerprint density at radius 1 is 1.23 bits per heavy atom. The molecule has 2 aromatic rings. The van der Waals surface area contributed by atoms with Crippen LogP contribution in [0.4, 0.5) is 10.8 Å². The number of carbonyl (C=O) groups is 1. The van der Waals surface area contributed by atoms with E-state index in [4.69, 9.17) is 0 Å². The van der Waals surface area contributed by atoms with Crippen molar-refractivity contribution in [3.63, 3.8) is 0 Å². The van der Waals surface area contributed by atoms with Gasteiger partial charge in [0.15, 0.2) is 11.5 Å². The minimum absolute atomic E-state index is 0.0492. The molecular formula is C14H15N5O2S. The predicted octanol–water partition coefficient (Wildman–Crippen LogP) is 3.71. The smallest absolute Gasteiger partial charge is 0.205 e. The first kappa shape index (κ1) is 15.8. The first-order valence-corrected chi connectivity index (χ1v) is 7.27. The van der Waals surface area contributed by atoms with Gasteiger partial charge in [0.1, 0.15) is 10.8 Å². The summed E-state index contributed by atoms with van der Waals surface area (Å²) >= 11 is 1.45. The lowest BCUT2D eigenvalue weighted by Crippen LogP contribution is -1.96. The molecule has 0 spiro atoms. The lowest BCUT2D eigenvalue weighted by Gasteiger charge is -1.98. The molecule has 1 aromatic carbocycles. The Balaban J connectivity index is 2.19. The number of benzene rings is 1. The Bertz CT molecular complexity index is 730. The molecule has 0 bridgehead atoms. The zero-order valence-electron chi connectivity index (χ0n) is 12.4. The molecule has 0 aliphatic heterocycles. The largest absolute Gasteiger partial charge is 0.510 e. The lowest BCUT2D eigenvalue weighted by molar-refractivity contribution is -0.113. The molecule has 1 aromatic heterocycles. The number of rotatable bonds is 5. The third kappa shape index (κ3) is 3.73. The first-order chi connectivity index (χ1) is 10.5. The molecule has 0 atom stereocenters. The van der Waals surface area contributed by atoms with Gasteiger partial charge in [-0.25, -0.2) is 0 Å². The maximum atomic E-state index is 11.3. The predicted molar refractivity (Wildman–Crippen MR) is 85.4 cm³/mol. The molecular weight excluding hydrogens is 302 g/mol. The molecule has 0 radical (unpaired) electrons. The van der Waals surface area contributed by atoms with Crippen molar-refractivity contribution in [3.8, 4) is 10.6 Å². The van der Waals surface area contributed by atoms with Crippen LogP contribution in [-0.4, -0.2) is 28.1 Å². The van der Waals surface area contributed by atoms with Gasteiger partial charge in [0.25, 0.3) is 0 Å². The molecule has 22 heavy (non-hydrogen) atoms. The van der Waals surface area contributed by atoms with Crippen molar-refractivity contribution in [3.05, 3.63) is 35.7 Å². The maximum Gasteiger partial charge on any atom is 0.205 e. The van der Waals surface area contributed by atoms with Crippen LogP contribution in [0.5, 0.6) is 0 Å². The highest BCUT2D eigenvalue weighted by Crippen LogP contribution is 2.27. The molecule has 0 amide bonds. The first-order valence-electron chi connectivity index (χ1n) is 6.45. The van der Waals surface area contributed by atoms with Crippen molar-refractivity contribution in [1.82, 2.24) is 10.2 Å². The fourth-order valence-corrected chi connectivity index (χ4v) is 2.32. The van der Waals surface area contributed by atoms with Crippen molar-refractivity contribution in [2.24, 2.45) is 10.2 Å². The van der Waals surface area contributed by atoms with E-state index in [2.05, 4.69) is 25.7 Å². The van der Waals surface area contributed by atoms with Gasteiger partial charge in [-0.05, 0) is 31.2 Å². The summed E-state index contributed by atoms with van der Waals surface area (Å²) in [6.07, 6.45) is 0. The number of aromatic nitrogens is 2. The topological polar surface area (TPSA) is 99.8 Å². The van der Waals surface area contributed by atoms with Crippen molar-refractivity contribution in [1.29, 1.82) is 0 Å². The molecule has 0 aliphatic rings. The molecule has 0 unspecified atom stereocenters. The Hall–Kier alpha value is -2.61. The standard InChI is InChI=1S/C14H15N5O2S/c1-8(20)12(9(2)21)17-16-11-6-4-10(5-7-11)13-18-19-14(15-3)22-13/h4-7,20H,1-3H3,(H,15,19)/b12-8-,17-16?. The number of anilines is 1. The summed E-state index contributed by atoms with van der Waals surface area (Å²) in [5.74, 6) is -0.491. The highest BCUT2D eigenvalue weighted by atomic mass is 32.1. The summed E-state index contributed by atoms with van der Waals surface area (Å²) in [4.78, 5) is 11.3. The lowest BCUT2D eigenvalue weighted by atomic mass is 10.2. The quantitative estimate of drug-likeness (QED) is 0.497. The number of aliphatic hydroxyl groups excluding tert-OH is 1. The van der Waals surface area contributed by atoms with Gasteiger partial charge in [0, 0.05) is 19.5 Å². The van der Waals surface area contributed by atoms with E-state index in [1.54, 1.807) is 19.2 Å². The minimum Gasteiger partial charge on any atom is -0.510 e. The molecule has 0 saturated heterocycles. The Morgan fingerprint density at radius 3 is 2.41 bits per heavy atom. The summed E-state index contributed by atoms with van der Waals surface area (Å²) in [6, 6.07) is 7.20. The number of carbonyl (C=O) groups excluding carboxylic acids is 1. The Labute approximate surface area is 131 Å². The van der Waals surface area contributed by atoms with E-state index >= 15 is 0 Å². The molecule has 7 nitrogen and oxygen atoms in total. The molecule has 0 aliphatic carbocycles. The Morgan fingerprint density at radius 2 is 1.91 bits per heavy atom. The normalized spacial score (nSPS) is 12.3. The monoisotopic (exact) mass is 317 g/mol. The molecule has 1 heterocycles. The summed E-state index contributed by atoms with van der Waals surface area (Å²) in [7, 11) is 1.79. The van der Waals surface area contributed by atoms with Crippen LogP contribution in [-0.2, 0) is 4.79 Å². The minimum atomic E-state index is -0.339. The fourth-order valence-electron chi connectivity index (χ4n) is 1.62. The van der Waals surface area contributed by atoms with Gasteiger partial charge in [0.05, 0.1) is 5.69 Å². The highest BCUT2D eigenvalue weighted by Gasteiger charge is 2.07. The van der Waals surface area contributed by atoms with Gasteiger partial charge >= 0.3 is 0 Å².